The SMILES string of the molecule is COC(=O)CCCS(=O)(=O)NC(C)CN1CCCC1. The first-order valence-electron chi connectivity index (χ1n) is 6.72. The van der Waals surface area contributed by atoms with Crippen molar-refractivity contribution in [1.82, 2.24) is 9.62 Å². The number of sulfonamides is 1. The molecular formula is C12H24N2O4S. The van der Waals surface area contributed by atoms with Crippen LogP contribution in [0.3, 0.4) is 0 Å². The summed E-state index contributed by atoms with van der Waals surface area (Å²) in [4.78, 5) is 13.2. The van der Waals surface area contributed by atoms with Gasteiger partial charge in [0.25, 0.3) is 0 Å². The summed E-state index contributed by atoms with van der Waals surface area (Å²) in [5, 5.41) is 0. The average molecular weight is 292 g/mol. The molecule has 1 aliphatic heterocycles. The van der Waals surface area contributed by atoms with Gasteiger partial charge in [0.05, 0.1) is 12.9 Å². The minimum Gasteiger partial charge on any atom is -0.469 e. The molecule has 1 aliphatic rings. The van der Waals surface area contributed by atoms with E-state index in [4.69, 9.17) is 0 Å². The lowest BCUT2D eigenvalue weighted by atomic mass is 10.3. The van der Waals surface area contributed by atoms with Gasteiger partial charge in [-0.25, -0.2) is 13.1 Å². The Labute approximate surface area is 115 Å². The highest BCUT2D eigenvalue weighted by molar-refractivity contribution is 7.89. The van der Waals surface area contributed by atoms with Crippen molar-refractivity contribution in [2.24, 2.45) is 0 Å². The maximum absolute atomic E-state index is 11.8. The molecule has 1 fully saturated rings. The molecule has 0 bridgehead atoms. The number of nitrogens with one attached hydrogen (secondary N) is 1. The van der Waals surface area contributed by atoms with Crippen LogP contribution in [0, 0.1) is 0 Å². The average Bonchev–Trinajstić information content (AvgIpc) is 2.80. The second-order valence-electron chi connectivity index (χ2n) is 5.03. The first-order chi connectivity index (χ1) is 8.93. The lowest BCUT2D eigenvalue weighted by Crippen LogP contribution is -2.41. The maximum Gasteiger partial charge on any atom is 0.305 e. The maximum atomic E-state index is 11.8. The normalized spacial score (nSPS) is 18.4. The highest BCUT2D eigenvalue weighted by Gasteiger charge is 2.19. The third-order valence-corrected chi connectivity index (χ3v) is 4.72. The van der Waals surface area contributed by atoms with Crippen molar-refractivity contribution in [1.29, 1.82) is 0 Å². The highest BCUT2D eigenvalue weighted by atomic mass is 32.2. The first-order valence-corrected chi connectivity index (χ1v) is 8.37. The molecule has 0 radical (unpaired) electrons. The van der Waals surface area contributed by atoms with Crippen LogP contribution in [0.4, 0.5) is 0 Å². The fourth-order valence-electron chi connectivity index (χ4n) is 2.26. The zero-order valence-electron chi connectivity index (χ0n) is 11.7. The molecule has 1 atom stereocenters. The first kappa shape index (κ1) is 16.4. The van der Waals surface area contributed by atoms with Crippen LogP contribution >= 0.6 is 0 Å². The predicted octanol–water partition coefficient (Wildman–Crippen LogP) is 0.343. The number of ether oxygens (including phenoxy) is 1. The molecule has 19 heavy (non-hydrogen) atoms. The fraction of sp³-hybridized carbons (Fsp3) is 0.917. The smallest absolute Gasteiger partial charge is 0.305 e. The molecule has 0 amide bonds. The Morgan fingerprint density at radius 1 is 1.37 bits per heavy atom. The molecule has 0 aromatic heterocycles. The van der Waals surface area contributed by atoms with Crippen LogP contribution in [0.15, 0.2) is 0 Å². The minimum absolute atomic E-state index is 0.0353. The molecule has 0 spiro atoms. The van der Waals surface area contributed by atoms with E-state index in [-0.39, 0.29) is 24.2 Å². The Morgan fingerprint density at radius 2 is 2.00 bits per heavy atom. The lowest BCUT2D eigenvalue weighted by molar-refractivity contribution is -0.140. The monoisotopic (exact) mass is 292 g/mol. The van der Waals surface area contributed by atoms with Crippen molar-refractivity contribution in [3.63, 3.8) is 0 Å². The van der Waals surface area contributed by atoms with E-state index >= 15 is 0 Å². The molecule has 1 heterocycles. The van der Waals surface area contributed by atoms with Crippen molar-refractivity contribution in [2.75, 3.05) is 32.5 Å². The highest BCUT2D eigenvalue weighted by Crippen LogP contribution is 2.08. The molecule has 0 aromatic rings. The van der Waals surface area contributed by atoms with Crippen LogP contribution in [0.2, 0.25) is 0 Å². The topological polar surface area (TPSA) is 75.7 Å². The Balaban J connectivity index is 2.26. The van der Waals surface area contributed by atoms with Crippen LogP contribution in [-0.2, 0) is 19.6 Å². The Hall–Kier alpha value is -0.660. The van der Waals surface area contributed by atoms with Gasteiger partial charge >= 0.3 is 5.97 Å². The summed E-state index contributed by atoms with van der Waals surface area (Å²) in [7, 11) is -2.01. The molecular weight excluding hydrogens is 268 g/mol. The van der Waals surface area contributed by atoms with Crippen molar-refractivity contribution in [3.8, 4) is 0 Å². The third-order valence-electron chi connectivity index (χ3n) is 3.13. The number of hydrogen-bond acceptors (Lipinski definition) is 5. The van der Waals surface area contributed by atoms with E-state index in [9.17, 15) is 13.2 Å². The molecule has 6 nitrogen and oxygen atoms in total. The van der Waals surface area contributed by atoms with E-state index in [2.05, 4.69) is 14.4 Å². The summed E-state index contributed by atoms with van der Waals surface area (Å²) < 4.78 is 30.7. The predicted molar refractivity (Wildman–Crippen MR) is 73.3 cm³/mol. The van der Waals surface area contributed by atoms with Gasteiger partial charge in [0.1, 0.15) is 0 Å². The molecule has 0 saturated carbocycles. The third kappa shape index (κ3) is 6.89. The van der Waals surface area contributed by atoms with E-state index in [0.29, 0.717) is 6.42 Å². The molecule has 7 heteroatoms. The molecule has 112 valence electrons. The number of methoxy groups -OCH3 is 1. The minimum atomic E-state index is -3.31. The van der Waals surface area contributed by atoms with Gasteiger partial charge in [-0.15, -0.1) is 0 Å². The van der Waals surface area contributed by atoms with Crippen LogP contribution in [0.5, 0.6) is 0 Å². The molecule has 1 saturated heterocycles. The molecule has 1 unspecified atom stereocenters. The van der Waals surface area contributed by atoms with Gasteiger partial charge in [-0.05, 0) is 39.3 Å². The van der Waals surface area contributed by atoms with E-state index in [1.807, 2.05) is 6.92 Å². The summed E-state index contributed by atoms with van der Waals surface area (Å²) in [6, 6.07) is -0.0961. The van der Waals surface area contributed by atoms with Crippen molar-refractivity contribution < 1.29 is 17.9 Å². The van der Waals surface area contributed by atoms with Gasteiger partial charge in [0.2, 0.25) is 10.0 Å². The number of hydrogen-bond donors (Lipinski definition) is 1. The van der Waals surface area contributed by atoms with Gasteiger partial charge in [-0.2, -0.15) is 0 Å². The summed E-state index contributed by atoms with van der Waals surface area (Å²) in [6.07, 6.45) is 2.81. The van der Waals surface area contributed by atoms with Gasteiger partial charge in [0.15, 0.2) is 0 Å². The molecule has 1 N–H and O–H groups in total. The van der Waals surface area contributed by atoms with E-state index in [1.165, 1.54) is 20.0 Å². The van der Waals surface area contributed by atoms with Gasteiger partial charge in [0, 0.05) is 19.0 Å². The Morgan fingerprint density at radius 3 is 2.58 bits per heavy atom. The van der Waals surface area contributed by atoms with Gasteiger partial charge < -0.3 is 9.64 Å². The molecule has 1 rings (SSSR count). The Kier molecular flexibility index (Phi) is 6.74. The number of esters is 1. The van der Waals surface area contributed by atoms with Crippen LogP contribution < -0.4 is 4.72 Å². The van der Waals surface area contributed by atoms with Crippen molar-refractivity contribution >= 4 is 16.0 Å². The summed E-state index contributed by atoms with van der Waals surface area (Å²) in [6.45, 7) is 4.72. The lowest BCUT2D eigenvalue weighted by Gasteiger charge is -2.21. The van der Waals surface area contributed by atoms with Crippen molar-refractivity contribution in [3.05, 3.63) is 0 Å². The number of carbonyl (C=O) groups is 1. The molecule has 0 aliphatic carbocycles. The van der Waals surface area contributed by atoms with E-state index in [1.54, 1.807) is 0 Å². The summed E-state index contributed by atoms with van der Waals surface area (Å²) in [5.74, 6) is -0.410. The standard InChI is InChI=1S/C12H24N2O4S/c1-11(10-14-7-3-4-8-14)13-19(16,17)9-5-6-12(15)18-2/h11,13H,3-10H2,1-2H3. The fourth-order valence-corrected chi connectivity index (χ4v) is 3.59. The molecule has 0 aromatic carbocycles. The summed E-state index contributed by atoms with van der Waals surface area (Å²) in [5.41, 5.74) is 0. The van der Waals surface area contributed by atoms with Crippen LogP contribution in [-0.4, -0.2) is 57.8 Å². The van der Waals surface area contributed by atoms with Crippen molar-refractivity contribution in [2.45, 2.75) is 38.6 Å². The second-order valence-corrected chi connectivity index (χ2v) is 6.90. The number of likely N-dealkylation sites (tertiary alicyclic amines) is 1. The summed E-state index contributed by atoms with van der Waals surface area (Å²) >= 11 is 0. The van der Waals surface area contributed by atoms with Gasteiger partial charge in [-0.1, -0.05) is 0 Å². The Bertz CT molecular complexity index is 377. The van der Waals surface area contributed by atoms with Crippen LogP contribution in [0.1, 0.15) is 32.6 Å². The quantitative estimate of drug-likeness (QED) is 0.653. The number of carbonyl (C=O) groups excluding carboxylic acids is 1. The number of nitrogens with zero attached hydrogens (tertiary/aromatic N) is 1. The zero-order chi connectivity index (χ0) is 14.3. The van der Waals surface area contributed by atoms with E-state index in [0.717, 1.165) is 19.6 Å². The largest absolute Gasteiger partial charge is 0.469 e. The van der Waals surface area contributed by atoms with E-state index < -0.39 is 10.0 Å². The van der Waals surface area contributed by atoms with Crippen LogP contribution in [0.25, 0.3) is 0 Å². The van der Waals surface area contributed by atoms with Gasteiger partial charge in [-0.3, -0.25) is 4.79 Å². The zero-order valence-corrected chi connectivity index (χ0v) is 12.5. The number of rotatable bonds is 8. The second kappa shape index (κ2) is 7.81.